The molecule has 0 bridgehead atoms. The number of nitrogens with one attached hydrogen (secondary N) is 3. The van der Waals surface area contributed by atoms with E-state index in [-0.39, 0.29) is 11.9 Å². The van der Waals surface area contributed by atoms with Gasteiger partial charge in [0.25, 0.3) is 0 Å². The fourth-order valence-corrected chi connectivity index (χ4v) is 1.94. The van der Waals surface area contributed by atoms with Crippen LogP contribution in [0.15, 0.2) is 24.7 Å². The molecule has 1 atom stereocenters. The number of imidazole rings is 1. The number of aromatic amines is 1. The molecule has 0 saturated heterocycles. The Labute approximate surface area is 103 Å². The quantitative estimate of drug-likeness (QED) is 0.683. The molecule has 1 aliphatic rings. The normalized spacial score (nSPS) is 18.1. The molecule has 0 spiro atoms. The molecule has 0 fully saturated rings. The molecule has 3 N–H and O–H groups in total. The number of aromatic nitrogens is 4. The summed E-state index contributed by atoms with van der Waals surface area (Å²) >= 11 is 0. The van der Waals surface area contributed by atoms with Gasteiger partial charge in [-0.1, -0.05) is 0 Å². The predicted octanol–water partition coefficient (Wildman–Crippen LogP) is -0.147. The monoisotopic (exact) mass is 244 g/mol. The molecule has 92 valence electrons. The van der Waals surface area contributed by atoms with Gasteiger partial charge in [0.2, 0.25) is 5.91 Å². The highest BCUT2D eigenvalue weighted by atomic mass is 16.2. The first kappa shape index (κ1) is 10.8. The first-order valence-corrected chi connectivity index (χ1v) is 5.66. The first-order valence-electron chi connectivity index (χ1n) is 5.66. The van der Waals surface area contributed by atoms with E-state index in [1.54, 1.807) is 24.7 Å². The summed E-state index contributed by atoms with van der Waals surface area (Å²) < 4.78 is 0. The fourth-order valence-electron chi connectivity index (χ4n) is 1.94. The highest BCUT2D eigenvalue weighted by Crippen LogP contribution is 2.13. The molecule has 3 rings (SSSR count). The van der Waals surface area contributed by atoms with Crippen molar-refractivity contribution < 1.29 is 4.79 Å². The summed E-state index contributed by atoms with van der Waals surface area (Å²) in [6.07, 6.45) is 3.78. The van der Waals surface area contributed by atoms with E-state index in [0.29, 0.717) is 18.8 Å². The van der Waals surface area contributed by atoms with E-state index >= 15 is 0 Å². The van der Waals surface area contributed by atoms with Gasteiger partial charge in [-0.15, -0.1) is 5.10 Å². The summed E-state index contributed by atoms with van der Waals surface area (Å²) in [6, 6.07) is 3.14. The van der Waals surface area contributed by atoms with Gasteiger partial charge in [-0.25, -0.2) is 4.98 Å². The third-order valence-corrected chi connectivity index (χ3v) is 2.87. The maximum absolute atomic E-state index is 12.0. The van der Waals surface area contributed by atoms with Crippen molar-refractivity contribution in [2.75, 3.05) is 5.32 Å². The molecule has 0 aromatic carbocycles. The molecule has 1 amide bonds. The van der Waals surface area contributed by atoms with Crippen LogP contribution >= 0.6 is 0 Å². The van der Waals surface area contributed by atoms with Crippen LogP contribution in [-0.2, 0) is 17.8 Å². The number of nitrogens with zero attached hydrogens (tertiary/aromatic N) is 3. The van der Waals surface area contributed by atoms with Crippen molar-refractivity contribution in [3.05, 3.63) is 36.0 Å². The zero-order valence-electron chi connectivity index (χ0n) is 9.55. The van der Waals surface area contributed by atoms with Crippen LogP contribution in [0.25, 0.3) is 0 Å². The standard InChI is InChI=1S/C11H12N6O/c18-11(16-10-2-1-3-15-17-10)8-4-7-9(5-12-8)14-6-13-7/h1-3,6,8,12H,4-5H2,(H,13,14)(H,16,17,18). The fraction of sp³-hybridized carbons (Fsp3) is 0.273. The lowest BCUT2D eigenvalue weighted by Gasteiger charge is -2.21. The summed E-state index contributed by atoms with van der Waals surface area (Å²) in [6.45, 7) is 0.619. The smallest absolute Gasteiger partial charge is 0.243 e. The van der Waals surface area contributed by atoms with Crippen LogP contribution in [0.4, 0.5) is 5.82 Å². The highest BCUT2D eigenvalue weighted by Gasteiger charge is 2.25. The molecule has 3 heterocycles. The predicted molar refractivity (Wildman–Crippen MR) is 63.6 cm³/mol. The maximum Gasteiger partial charge on any atom is 0.243 e. The minimum Gasteiger partial charge on any atom is -0.347 e. The second-order valence-corrected chi connectivity index (χ2v) is 4.06. The maximum atomic E-state index is 12.0. The molecular formula is C11H12N6O. The van der Waals surface area contributed by atoms with Crippen LogP contribution in [0.5, 0.6) is 0 Å². The minimum absolute atomic E-state index is 0.121. The lowest BCUT2D eigenvalue weighted by molar-refractivity contribution is -0.118. The lowest BCUT2D eigenvalue weighted by Crippen LogP contribution is -2.44. The van der Waals surface area contributed by atoms with Gasteiger partial charge in [-0.05, 0) is 12.1 Å². The van der Waals surface area contributed by atoms with Crippen LogP contribution in [0.1, 0.15) is 11.4 Å². The number of fused-ring (bicyclic) bond motifs is 1. The number of carbonyl (C=O) groups excluding carboxylic acids is 1. The average molecular weight is 244 g/mol. The van der Waals surface area contributed by atoms with Crippen molar-refractivity contribution in [1.29, 1.82) is 0 Å². The number of carbonyl (C=O) groups is 1. The minimum atomic E-state index is -0.289. The zero-order valence-corrected chi connectivity index (χ0v) is 9.55. The van der Waals surface area contributed by atoms with Crippen LogP contribution in [0.2, 0.25) is 0 Å². The first-order chi connectivity index (χ1) is 8.83. The molecule has 1 unspecified atom stereocenters. The van der Waals surface area contributed by atoms with Crippen LogP contribution in [0, 0.1) is 0 Å². The van der Waals surface area contributed by atoms with Gasteiger partial charge in [0.1, 0.15) is 0 Å². The molecule has 2 aromatic heterocycles. The van der Waals surface area contributed by atoms with Gasteiger partial charge in [-0.2, -0.15) is 5.10 Å². The third-order valence-electron chi connectivity index (χ3n) is 2.87. The van der Waals surface area contributed by atoms with Gasteiger partial charge < -0.3 is 10.3 Å². The van der Waals surface area contributed by atoms with Crippen LogP contribution in [0.3, 0.4) is 0 Å². The van der Waals surface area contributed by atoms with E-state index in [1.807, 2.05) is 0 Å². The van der Waals surface area contributed by atoms with E-state index in [0.717, 1.165) is 11.4 Å². The molecule has 0 saturated carbocycles. The Morgan fingerprint density at radius 1 is 1.50 bits per heavy atom. The number of H-pyrrole nitrogens is 1. The zero-order chi connectivity index (χ0) is 12.4. The molecule has 18 heavy (non-hydrogen) atoms. The van der Waals surface area contributed by atoms with E-state index in [9.17, 15) is 4.79 Å². The lowest BCUT2D eigenvalue weighted by atomic mass is 10.0. The van der Waals surface area contributed by atoms with Gasteiger partial charge in [0.15, 0.2) is 5.82 Å². The van der Waals surface area contributed by atoms with Crippen molar-refractivity contribution in [3.8, 4) is 0 Å². The van der Waals surface area contributed by atoms with E-state index < -0.39 is 0 Å². The number of hydrogen-bond acceptors (Lipinski definition) is 5. The Bertz CT molecular complexity index is 552. The summed E-state index contributed by atoms with van der Waals surface area (Å²) in [4.78, 5) is 19.3. The molecule has 0 radical (unpaired) electrons. The number of anilines is 1. The van der Waals surface area contributed by atoms with E-state index in [2.05, 4.69) is 30.8 Å². The van der Waals surface area contributed by atoms with Crippen molar-refractivity contribution in [2.45, 2.75) is 19.0 Å². The highest BCUT2D eigenvalue weighted by molar-refractivity contribution is 5.94. The van der Waals surface area contributed by atoms with Crippen LogP contribution < -0.4 is 10.6 Å². The van der Waals surface area contributed by atoms with Crippen molar-refractivity contribution in [3.63, 3.8) is 0 Å². The molecular weight excluding hydrogens is 232 g/mol. The average Bonchev–Trinajstić information content (AvgIpc) is 2.87. The molecule has 1 aliphatic heterocycles. The van der Waals surface area contributed by atoms with Gasteiger partial charge in [-0.3, -0.25) is 10.1 Å². The van der Waals surface area contributed by atoms with Gasteiger partial charge in [0.05, 0.1) is 23.8 Å². The van der Waals surface area contributed by atoms with Gasteiger partial charge >= 0.3 is 0 Å². The summed E-state index contributed by atoms with van der Waals surface area (Å²) in [5, 5.41) is 13.4. The number of hydrogen-bond donors (Lipinski definition) is 3. The number of amides is 1. The second-order valence-electron chi connectivity index (χ2n) is 4.06. The molecule has 7 heteroatoms. The molecule has 7 nitrogen and oxygen atoms in total. The summed E-state index contributed by atoms with van der Waals surface area (Å²) in [5.41, 5.74) is 1.98. The van der Waals surface area contributed by atoms with Gasteiger partial charge in [0, 0.05) is 19.2 Å². The van der Waals surface area contributed by atoms with Crippen LogP contribution in [-0.4, -0.2) is 32.1 Å². The number of rotatable bonds is 2. The topological polar surface area (TPSA) is 95.6 Å². The molecule has 0 aliphatic carbocycles. The Morgan fingerprint density at radius 3 is 3.28 bits per heavy atom. The summed E-state index contributed by atoms with van der Waals surface area (Å²) in [5.74, 6) is 0.335. The largest absolute Gasteiger partial charge is 0.347 e. The summed E-state index contributed by atoms with van der Waals surface area (Å²) in [7, 11) is 0. The Kier molecular flexibility index (Phi) is 2.73. The Balaban J connectivity index is 1.68. The third kappa shape index (κ3) is 2.07. The second kappa shape index (κ2) is 4.53. The van der Waals surface area contributed by atoms with Crippen molar-refractivity contribution >= 4 is 11.7 Å². The molecule has 2 aromatic rings. The Morgan fingerprint density at radius 2 is 2.44 bits per heavy atom. The van der Waals surface area contributed by atoms with Crippen molar-refractivity contribution in [1.82, 2.24) is 25.5 Å². The van der Waals surface area contributed by atoms with E-state index in [4.69, 9.17) is 0 Å². The Hall–Kier alpha value is -2.28. The van der Waals surface area contributed by atoms with Crippen molar-refractivity contribution in [2.24, 2.45) is 0 Å². The SMILES string of the molecule is O=C(Nc1cccnn1)C1Cc2nc[nH]c2CN1. The van der Waals surface area contributed by atoms with E-state index in [1.165, 1.54) is 0 Å².